The van der Waals surface area contributed by atoms with Crippen molar-refractivity contribution in [3.63, 3.8) is 0 Å². The first-order valence-corrected chi connectivity index (χ1v) is 7.09. The van der Waals surface area contributed by atoms with Crippen molar-refractivity contribution in [3.05, 3.63) is 48.0 Å². The molecule has 94 valence electrons. The Morgan fingerprint density at radius 2 is 1.82 bits per heavy atom. The first kappa shape index (κ1) is 13.9. The molecule has 0 saturated carbocycles. The molecular weight excluding hydrogens is 236 g/mol. The van der Waals surface area contributed by atoms with Crippen LogP contribution in [0.15, 0.2) is 36.9 Å². The SMILES string of the molecule is C=CCS(=O)(=O)NCc1ccc(CCN)cc1. The standard InChI is InChI=1S/C12H18N2O2S/c1-2-9-17(15,16)14-10-12-5-3-11(4-6-12)7-8-13/h2-6,14H,1,7-10,13H2. The highest BCUT2D eigenvalue weighted by molar-refractivity contribution is 7.89. The highest BCUT2D eigenvalue weighted by Gasteiger charge is 2.06. The molecule has 0 aliphatic rings. The molecule has 1 aromatic carbocycles. The van der Waals surface area contributed by atoms with Gasteiger partial charge in [0.15, 0.2) is 0 Å². The Morgan fingerprint density at radius 1 is 1.24 bits per heavy atom. The van der Waals surface area contributed by atoms with Gasteiger partial charge in [-0.3, -0.25) is 0 Å². The van der Waals surface area contributed by atoms with Crippen molar-refractivity contribution >= 4 is 10.0 Å². The number of rotatable bonds is 7. The van der Waals surface area contributed by atoms with Crippen LogP contribution in [0.2, 0.25) is 0 Å². The van der Waals surface area contributed by atoms with Crippen molar-refractivity contribution < 1.29 is 8.42 Å². The predicted octanol–water partition coefficient (Wildman–Crippen LogP) is 0.793. The molecule has 0 unspecified atom stereocenters. The summed E-state index contributed by atoms with van der Waals surface area (Å²) in [5.74, 6) is -0.0573. The molecule has 5 heteroatoms. The van der Waals surface area contributed by atoms with Crippen LogP contribution >= 0.6 is 0 Å². The van der Waals surface area contributed by atoms with Crippen LogP contribution in [0.4, 0.5) is 0 Å². The van der Waals surface area contributed by atoms with Gasteiger partial charge in [0.1, 0.15) is 0 Å². The fourth-order valence-electron chi connectivity index (χ4n) is 1.40. The Morgan fingerprint density at radius 3 is 2.35 bits per heavy atom. The van der Waals surface area contributed by atoms with E-state index in [4.69, 9.17) is 5.73 Å². The van der Waals surface area contributed by atoms with Crippen LogP contribution in [0.5, 0.6) is 0 Å². The van der Waals surface area contributed by atoms with E-state index < -0.39 is 10.0 Å². The largest absolute Gasteiger partial charge is 0.330 e. The summed E-state index contributed by atoms with van der Waals surface area (Å²) in [6.07, 6.45) is 2.20. The third-order valence-corrected chi connectivity index (χ3v) is 3.55. The first-order chi connectivity index (χ1) is 8.07. The van der Waals surface area contributed by atoms with E-state index in [-0.39, 0.29) is 5.75 Å². The van der Waals surface area contributed by atoms with Gasteiger partial charge in [-0.15, -0.1) is 6.58 Å². The Bertz CT molecular complexity index is 452. The summed E-state index contributed by atoms with van der Waals surface area (Å²) < 4.78 is 25.3. The maximum atomic E-state index is 11.4. The molecule has 17 heavy (non-hydrogen) atoms. The van der Waals surface area contributed by atoms with Crippen LogP contribution in [-0.2, 0) is 23.0 Å². The molecule has 0 aliphatic carbocycles. The van der Waals surface area contributed by atoms with E-state index in [1.54, 1.807) is 0 Å². The topological polar surface area (TPSA) is 72.2 Å². The van der Waals surface area contributed by atoms with Gasteiger partial charge < -0.3 is 5.73 Å². The maximum Gasteiger partial charge on any atom is 0.215 e. The lowest BCUT2D eigenvalue weighted by atomic mass is 10.1. The third-order valence-electron chi connectivity index (χ3n) is 2.29. The van der Waals surface area contributed by atoms with Crippen LogP contribution in [0.1, 0.15) is 11.1 Å². The number of nitrogens with two attached hydrogens (primary N) is 1. The van der Waals surface area contributed by atoms with Gasteiger partial charge in [-0.1, -0.05) is 30.3 Å². The fraction of sp³-hybridized carbons (Fsp3) is 0.333. The average Bonchev–Trinajstić information content (AvgIpc) is 2.29. The molecule has 0 fully saturated rings. The summed E-state index contributed by atoms with van der Waals surface area (Å²) >= 11 is 0. The van der Waals surface area contributed by atoms with Crippen LogP contribution < -0.4 is 10.5 Å². The smallest absolute Gasteiger partial charge is 0.215 e. The molecule has 0 aromatic heterocycles. The molecule has 4 nitrogen and oxygen atoms in total. The zero-order valence-corrected chi connectivity index (χ0v) is 10.5. The molecule has 1 rings (SSSR count). The van der Waals surface area contributed by atoms with E-state index in [1.165, 1.54) is 6.08 Å². The van der Waals surface area contributed by atoms with Crippen LogP contribution in [0, 0.1) is 0 Å². The van der Waals surface area contributed by atoms with Crippen molar-refractivity contribution in [3.8, 4) is 0 Å². The second-order valence-electron chi connectivity index (χ2n) is 3.75. The van der Waals surface area contributed by atoms with Gasteiger partial charge in [-0.2, -0.15) is 0 Å². The first-order valence-electron chi connectivity index (χ1n) is 5.43. The molecule has 0 bridgehead atoms. The highest BCUT2D eigenvalue weighted by atomic mass is 32.2. The molecule has 0 atom stereocenters. The number of benzene rings is 1. The monoisotopic (exact) mass is 254 g/mol. The van der Waals surface area contributed by atoms with Crippen molar-refractivity contribution in [1.82, 2.24) is 4.72 Å². The van der Waals surface area contributed by atoms with E-state index >= 15 is 0 Å². The van der Waals surface area contributed by atoms with Gasteiger partial charge in [-0.05, 0) is 24.1 Å². The summed E-state index contributed by atoms with van der Waals surface area (Å²) in [6, 6.07) is 7.73. The van der Waals surface area contributed by atoms with Crippen molar-refractivity contribution in [2.24, 2.45) is 5.73 Å². The Hall–Kier alpha value is -1.17. The third kappa shape index (κ3) is 5.12. The molecule has 0 amide bonds. The molecule has 1 aromatic rings. The predicted molar refractivity (Wildman–Crippen MR) is 70.0 cm³/mol. The van der Waals surface area contributed by atoms with Gasteiger partial charge >= 0.3 is 0 Å². The summed E-state index contributed by atoms with van der Waals surface area (Å²) in [5, 5.41) is 0. The van der Waals surface area contributed by atoms with Gasteiger partial charge in [0.05, 0.1) is 5.75 Å². The Balaban J connectivity index is 2.55. The van der Waals surface area contributed by atoms with E-state index in [0.29, 0.717) is 13.1 Å². The van der Waals surface area contributed by atoms with Gasteiger partial charge in [-0.25, -0.2) is 13.1 Å². The van der Waals surface area contributed by atoms with Crippen LogP contribution in [-0.4, -0.2) is 20.7 Å². The van der Waals surface area contributed by atoms with Crippen LogP contribution in [0.3, 0.4) is 0 Å². The van der Waals surface area contributed by atoms with E-state index in [1.807, 2.05) is 24.3 Å². The summed E-state index contributed by atoms with van der Waals surface area (Å²) in [4.78, 5) is 0. The minimum atomic E-state index is -3.24. The molecule has 0 spiro atoms. The van der Waals surface area contributed by atoms with E-state index in [0.717, 1.165) is 17.5 Å². The minimum absolute atomic E-state index is 0.0573. The second-order valence-corrected chi connectivity index (χ2v) is 5.60. The summed E-state index contributed by atoms with van der Waals surface area (Å²) in [5.41, 5.74) is 7.53. The van der Waals surface area contributed by atoms with E-state index in [9.17, 15) is 8.42 Å². The molecule has 0 radical (unpaired) electrons. The van der Waals surface area contributed by atoms with E-state index in [2.05, 4.69) is 11.3 Å². The normalized spacial score (nSPS) is 11.4. The average molecular weight is 254 g/mol. The van der Waals surface area contributed by atoms with Gasteiger partial charge in [0, 0.05) is 6.54 Å². The van der Waals surface area contributed by atoms with Gasteiger partial charge in [0.2, 0.25) is 10.0 Å². The maximum absolute atomic E-state index is 11.4. The second kappa shape index (κ2) is 6.54. The lowest BCUT2D eigenvalue weighted by molar-refractivity contribution is 0.584. The quantitative estimate of drug-likeness (QED) is 0.707. The lowest BCUT2D eigenvalue weighted by Gasteiger charge is -2.05. The summed E-state index contributed by atoms with van der Waals surface area (Å²) in [6.45, 7) is 4.32. The van der Waals surface area contributed by atoms with Crippen LogP contribution in [0.25, 0.3) is 0 Å². The van der Waals surface area contributed by atoms with Crippen molar-refractivity contribution in [1.29, 1.82) is 0 Å². The highest BCUT2D eigenvalue weighted by Crippen LogP contribution is 2.05. The molecule has 3 N–H and O–H groups in total. The number of hydrogen-bond donors (Lipinski definition) is 2. The zero-order valence-electron chi connectivity index (χ0n) is 9.72. The number of nitrogens with one attached hydrogen (secondary N) is 1. The Labute approximate surface area is 103 Å². The molecule has 0 heterocycles. The number of sulfonamides is 1. The van der Waals surface area contributed by atoms with Crippen molar-refractivity contribution in [2.45, 2.75) is 13.0 Å². The zero-order chi connectivity index (χ0) is 12.7. The summed E-state index contributed by atoms with van der Waals surface area (Å²) in [7, 11) is -3.24. The number of hydrogen-bond acceptors (Lipinski definition) is 3. The molecule has 0 aliphatic heterocycles. The lowest BCUT2D eigenvalue weighted by Crippen LogP contribution is -2.25. The van der Waals surface area contributed by atoms with Crippen molar-refractivity contribution in [2.75, 3.05) is 12.3 Å². The Kier molecular flexibility index (Phi) is 5.34. The van der Waals surface area contributed by atoms with Gasteiger partial charge in [0.25, 0.3) is 0 Å². The molecule has 0 saturated heterocycles. The fourth-order valence-corrected chi connectivity index (χ4v) is 2.21. The molecular formula is C12H18N2O2S. The minimum Gasteiger partial charge on any atom is -0.330 e.